The minimum atomic E-state index is -0.304. The zero-order valence-corrected chi connectivity index (χ0v) is 11.2. The number of carbonyl (C=O) groups excluding carboxylic acids is 1. The van der Waals surface area contributed by atoms with Gasteiger partial charge in [-0.15, -0.1) is 0 Å². The van der Waals surface area contributed by atoms with Crippen molar-refractivity contribution in [3.05, 3.63) is 39.8 Å². The molecule has 0 aliphatic rings. The molecule has 6 nitrogen and oxygen atoms in total. The van der Waals surface area contributed by atoms with Gasteiger partial charge < -0.3 is 15.6 Å². The number of pyridine rings is 1. The topological polar surface area (TPSA) is 94.0 Å². The third-order valence-corrected chi connectivity index (χ3v) is 2.67. The fourth-order valence-electron chi connectivity index (χ4n) is 1.40. The van der Waals surface area contributed by atoms with Crippen molar-refractivity contribution in [3.8, 4) is 0 Å². The van der Waals surface area contributed by atoms with E-state index in [-0.39, 0.29) is 18.3 Å². The van der Waals surface area contributed by atoms with E-state index in [0.717, 1.165) is 0 Å². The van der Waals surface area contributed by atoms with Crippen LogP contribution in [0.2, 0.25) is 0 Å². The molecule has 1 amide bonds. The Bertz CT molecular complexity index is 582. The Morgan fingerprint density at radius 1 is 1.56 bits per heavy atom. The molecule has 3 N–H and O–H groups in total. The van der Waals surface area contributed by atoms with E-state index in [4.69, 9.17) is 10.3 Å². The first-order valence-electron chi connectivity index (χ1n) is 5.17. The Hall–Kier alpha value is -1.89. The number of hydrogen-bond acceptors (Lipinski definition) is 5. The average molecular weight is 311 g/mol. The number of nitrogens with two attached hydrogens (primary N) is 1. The molecule has 18 heavy (non-hydrogen) atoms. The van der Waals surface area contributed by atoms with Gasteiger partial charge in [0.05, 0.1) is 12.1 Å². The van der Waals surface area contributed by atoms with Crippen LogP contribution in [0.15, 0.2) is 27.3 Å². The molecule has 0 aliphatic heterocycles. The van der Waals surface area contributed by atoms with Crippen LogP contribution in [0.25, 0.3) is 0 Å². The third-order valence-electron chi connectivity index (χ3n) is 2.24. The molecule has 0 bridgehead atoms. The molecule has 0 saturated heterocycles. The lowest BCUT2D eigenvalue weighted by Gasteiger charge is -2.05. The molecule has 94 valence electrons. The summed E-state index contributed by atoms with van der Waals surface area (Å²) in [5.74, 6) is 0.580. The molecule has 7 heteroatoms. The Morgan fingerprint density at radius 2 is 2.33 bits per heavy atom. The maximum Gasteiger partial charge on any atom is 0.255 e. The van der Waals surface area contributed by atoms with Crippen LogP contribution in [-0.2, 0) is 6.54 Å². The second-order valence-electron chi connectivity index (χ2n) is 3.70. The van der Waals surface area contributed by atoms with E-state index < -0.39 is 0 Å². The predicted octanol–water partition coefficient (Wildman–Crippen LogP) is 1.65. The van der Waals surface area contributed by atoms with E-state index >= 15 is 0 Å². The second kappa shape index (κ2) is 5.18. The number of rotatable bonds is 3. The van der Waals surface area contributed by atoms with Gasteiger partial charge in [-0.3, -0.25) is 4.79 Å². The van der Waals surface area contributed by atoms with Crippen molar-refractivity contribution >= 4 is 27.7 Å². The van der Waals surface area contributed by atoms with Crippen LogP contribution < -0.4 is 11.1 Å². The number of halogens is 1. The molecule has 2 aromatic heterocycles. The fourth-order valence-corrected chi connectivity index (χ4v) is 1.73. The first-order valence-corrected chi connectivity index (χ1v) is 5.97. The highest BCUT2D eigenvalue weighted by Gasteiger charge is 2.11. The summed E-state index contributed by atoms with van der Waals surface area (Å²) in [6.07, 6.45) is 1.53. The lowest BCUT2D eigenvalue weighted by molar-refractivity contribution is 0.0950. The molecule has 2 aromatic rings. The summed E-state index contributed by atoms with van der Waals surface area (Å²) in [4.78, 5) is 15.8. The van der Waals surface area contributed by atoms with Crippen molar-refractivity contribution in [2.45, 2.75) is 13.5 Å². The molecule has 2 rings (SSSR count). The first kappa shape index (κ1) is 12.6. The van der Waals surface area contributed by atoms with Crippen LogP contribution in [0.3, 0.4) is 0 Å². The number of aromatic nitrogens is 2. The number of hydrogen-bond donors (Lipinski definition) is 2. The number of anilines is 1. The van der Waals surface area contributed by atoms with Gasteiger partial charge >= 0.3 is 0 Å². The van der Waals surface area contributed by atoms with E-state index in [1.54, 1.807) is 19.1 Å². The zero-order chi connectivity index (χ0) is 13.1. The summed E-state index contributed by atoms with van der Waals surface area (Å²) < 4.78 is 5.59. The summed E-state index contributed by atoms with van der Waals surface area (Å²) in [5, 5.41) is 6.47. The quantitative estimate of drug-likeness (QED) is 0.899. The molecular weight excluding hydrogens is 300 g/mol. The maximum atomic E-state index is 11.9. The minimum Gasteiger partial charge on any atom is -0.383 e. The van der Waals surface area contributed by atoms with E-state index in [0.29, 0.717) is 21.5 Å². The standard InChI is InChI=1S/C11H11BrN4O2/c1-6-2-8(16-18-6)5-15-11(17)9-3-7(12)4-14-10(9)13/h2-4H,5H2,1H3,(H2,13,14)(H,15,17). The van der Waals surface area contributed by atoms with Gasteiger partial charge in [0.2, 0.25) is 0 Å². The largest absolute Gasteiger partial charge is 0.383 e. The van der Waals surface area contributed by atoms with Crippen molar-refractivity contribution in [3.63, 3.8) is 0 Å². The van der Waals surface area contributed by atoms with E-state index in [1.807, 2.05) is 0 Å². The summed E-state index contributed by atoms with van der Waals surface area (Å²) in [6, 6.07) is 3.37. The Morgan fingerprint density at radius 3 is 3.00 bits per heavy atom. The van der Waals surface area contributed by atoms with Gasteiger partial charge in [-0.25, -0.2) is 4.98 Å². The van der Waals surface area contributed by atoms with Gasteiger partial charge in [-0.1, -0.05) is 5.16 Å². The highest BCUT2D eigenvalue weighted by atomic mass is 79.9. The molecule has 0 spiro atoms. The van der Waals surface area contributed by atoms with E-state index in [2.05, 4.69) is 31.4 Å². The van der Waals surface area contributed by atoms with Gasteiger partial charge in [-0.05, 0) is 28.9 Å². The number of amides is 1. The smallest absolute Gasteiger partial charge is 0.255 e. The van der Waals surface area contributed by atoms with Crippen LogP contribution in [0.1, 0.15) is 21.8 Å². The van der Waals surface area contributed by atoms with Crippen molar-refractivity contribution in [2.24, 2.45) is 0 Å². The number of aryl methyl sites for hydroxylation is 1. The fraction of sp³-hybridized carbons (Fsp3) is 0.182. The Kier molecular flexibility index (Phi) is 3.61. The van der Waals surface area contributed by atoms with Crippen molar-refractivity contribution in [1.29, 1.82) is 0 Å². The molecular formula is C11H11BrN4O2. The molecule has 2 heterocycles. The molecule has 0 fully saturated rings. The van der Waals surface area contributed by atoms with Crippen LogP contribution in [0.5, 0.6) is 0 Å². The lowest BCUT2D eigenvalue weighted by atomic mass is 10.2. The Balaban J connectivity index is 2.05. The maximum absolute atomic E-state index is 11.9. The van der Waals surface area contributed by atoms with Gasteiger partial charge in [0, 0.05) is 16.7 Å². The van der Waals surface area contributed by atoms with Crippen LogP contribution in [-0.4, -0.2) is 16.0 Å². The van der Waals surface area contributed by atoms with Gasteiger partial charge in [0.25, 0.3) is 5.91 Å². The van der Waals surface area contributed by atoms with Crippen molar-refractivity contribution in [1.82, 2.24) is 15.5 Å². The highest BCUT2D eigenvalue weighted by Crippen LogP contribution is 2.15. The van der Waals surface area contributed by atoms with Crippen LogP contribution >= 0.6 is 15.9 Å². The molecule has 0 radical (unpaired) electrons. The lowest BCUT2D eigenvalue weighted by Crippen LogP contribution is -2.24. The van der Waals surface area contributed by atoms with E-state index in [9.17, 15) is 4.79 Å². The van der Waals surface area contributed by atoms with Crippen molar-refractivity contribution < 1.29 is 9.32 Å². The predicted molar refractivity (Wildman–Crippen MR) is 68.8 cm³/mol. The van der Waals surface area contributed by atoms with Gasteiger partial charge in [0.15, 0.2) is 0 Å². The van der Waals surface area contributed by atoms with Crippen LogP contribution in [0.4, 0.5) is 5.82 Å². The molecule has 0 aromatic carbocycles. The normalized spacial score (nSPS) is 10.3. The molecule has 0 unspecified atom stereocenters. The monoisotopic (exact) mass is 310 g/mol. The van der Waals surface area contributed by atoms with Gasteiger partial charge in [-0.2, -0.15) is 0 Å². The summed E-state index contributed by atoms with van der Waals surface area (Å²) in [5.41, 5.74) is 6.62. The number of nitrogens with zero attached hydrogens (tertiary/aromatic N) is 2. The summed E-state index contributed by atoms with van der Waals surface area (Å²) in [6.45, 7) is 2.07. The minimum absolute atomic E-state index is 0.187. The number of nitrogen functional groups attached to an aromatic ring is 1. The molecule has 0 atom stereocenters. The number of carbonyl (C=O) groups is 1. The second-order valence-corrected chi connectivity index (χ2v) is 4.61. The number of nitrogens with one attached hydrogen (secondary N) is 1. The summed E-state index contributed by atoms with van der Waals surface area (Å²) >= 11 is 3.24. The molecule has 0 saturated carbocycles. The Labute approximate surface area is 112 Å². The van der Waals surface area contributed by atoms with E-state index in [1.165, 1.54) is 6.20 Å². The van der Waals surface area contributed by atoms with Crippen LogP contribution in [0, 0.1) is 6.92 Å². The van der Waals surface area contributed by atoms with Crippen molar-refractivity contribution in [2.75, 3.05) is 5.73 Å². The van der Waals surface area contributed by atoms with Gasteiger partial charge in [0.1, 0.15) is 17.3 Å². The zero-order valence-electron chi connectivity index (χ0n) is 9.61. The highest BCUT2D eigenvalue weighted by molar-refractivity contribution is 9.10. The summed E-state index contributed by atoms with van der Waals surface area (Å²) in [7, 11) is 0. The first-order chi connectivity index (χ1) is 8.56. The third kappa shape index (κ3) is 2.86. The molecule has 0 aliphatic carbocycles. The average Bonchev–Trinajstić information content (AvgIpc) is 2.75. The SMILES string of the molecule is Cc1cc(CNC(=O)c2cc(Br)cnc2N)no1.